The molecule has 7 nitrogen and oxygen atoms in total. The summed E-state index contributed by atoms with van der Waals surface area (Å²) in [5.41, 5.74) is 6.04. The van der Waals surface area contributed by atoms with Gasteiger partial charge in [0.05, 0.1) is 33.9 Å². The second-order valence-electron chi connectivity index (χ2n) is 10.2. The van der Waals surface area contributed by atoms with Crippen molar-refractivity contribution >= 4 is 33.5 Å². The molecule has 0 saturated heterocycles. The summed E-state index contributed by atoms with van der Waals surface area (Å²) >= 11 is 0. The maximum atomic E-state index is 12.1. The quantitative estimate of drug-likeness (QED) is 0.324. The van der Waals surface area contributed by atoms with Crippen LogP contribution in [0.15, 0.2) is 67.0 Å². The lowest BCUT2D eigenvalue weighted by atomic mass is 9.86. The van der Waals surface area contributed by atoms with Gasteiger partial charge >= 0.3 is 0 Å². The van der Waals surface area contributed by atoms with Crippen LogP contribution >= 0.6 is 0 Å². The minimum Gasteiger partial charge on any atom is -0.310 e. The first-order chi connectivity index (χ1) is 17.8. The minimum atomic E-state index is -0.559. The SMILES string of the molecule is Cc1nn(-c2ccc(C(C)(C)C#N)cc2)c2c1cnc1ccc(-c3ccc(NC(=O)C4CC4)nc3)cc12. The number of aromatic nitrogens is 4. The van der Waals surface area contributed by atoms with E-state index in [1.54, 1.807) is 6.20 Å². The van der Waals surface area contributed by atoms with Crippen LogP contribution in [0.2, 0.25) is 0 Å². The number of benzene rings is 2. The van der Waals surface area contributed by atoms with E-state index >= 15 is 0 Å². The van der Waals surface area contributed by atoms with Gasteiger partial charge in [-0.1, -0.05) is 18.2 Å². The number of aryl methyl sites for hydroxylation is 1. The zero-order valence-corrected chi connectivity index (χ0v) is 21.0. The lowest BCUT2D eigenvalue weighted by molar-refractivity contribution is -0.117. The van der Waals surface area contributed by atoms with E-state index in [0.717, 1.165) is 62.7 Å². The van der Waals surface area contributed by atoms with Crippen molar-refractivity contribution < 1.29 is 4.79 Å². The molecule has 1 fully saturated rings. The summed E-state index contributed by atoms with van der Waals surface area (Å²) in [6.07, 6.45) is 5.58. The van der Waals surface area contributed by atoms with Gasteiger partial charge in [0.15, 0.2) is 0 Å². The fraction of sp³-hybridized carbons (Fsp3) is 0.233. The van der Waals surface area contributed by atoms with E-state index in [0.29, 0.717) is 5.82 Å². The van der Waals surface area contributed by atoms with Gasteiger partial charge in [0.2, 0.25) is 5.91 Å². The molecule has 0 radical (unpaired) electrons. The Morgan fingerprint density at radius 2 is 1.76 bits per heavy atom. The highest BCUT2D eigenvalue weighted by atomic mass is 16.2. The Morgan fingerprint density at radius 3 is 2.43 bits per heavy atom. The van der Waals surface area contributed by atoms with Crippen LogP contribution in [0.25, 0.3) is 38.6 Å². The third kappa shape index (κ3) is 4.11. The molecule has 0 aliphatic heterocycles. The maximum Gasteiger partial charge on any atom is 0.228 e. The summed E-state index contributed by atoms with van der Waals surface area (Å²) in [6.45, 7) is 5.82. The molecule has 1 aliphatic rings. The molecule has 1 N–H and O–H groups in total. The standard InChI is InChI=1S/C30H26N6O/c1-18-25-16-32-26-12-6-20(21-7-13-27(33-15-21)34-29(37)19-4-5-19)14-24(26)28(25)36(35-18)23-10-8-22(9-11-23)30(2,3)17-31/h6-16,19H,4-5H2,1-3H3,(H,33,34,37). The number of amides is 1. The predicted octanol–water partition coefficient (Wildman–Crippen LogP) is 6.09. The predicted molar refractivity (Wildman–Crippen MR) is 144 cm³/mol. The van der Waals surface area contributed by atoms with Crippen molar-refractivity contribution in [2.45, 2.75) is 39.0 Å². The Morgan fingerprint density at radius 1 is 1.00 bits per heavy atom. The van der Waals surface area contributed by atoms with E-state index in [1.807, 2.05) is 80.2 Å². The van der Waals surface area contributed by atoms with Gasteiger partial charge in [-0.3, -0.25) is 9.78 Å². The number of nitrogens with one attached hydrogen (secondary N) is 1. The van der Waals surface area contributed by atoms with Gasteiger partial charge in [-0.25, -0.2) is 9.67 Å². The van der Waals surface area contributed by atoms with Crippen molar-refractivity contribution in [1.29, 1.82) is 5.26 Å². The van der Waals surface area contributed by atoms with Crippen LogP contribution in [0.4, 0.5) is 5.82 Å². The molecule has 1 amide bonds. The summed E-state index contributed by atoms with van der Waals surface area (Å²) < 4.78 is 1.95. The molecule has 0 atom stereocenters. The van der Waals surface area contributed by atoms with Gasteiger partial charge in [0.1, 0.15) is 5.82 Å². The first-order valence-corrected chi connectivity index (χ1v) is 12.4. The first kappa shape index (κ1) is 22.9. The Hall–Kier alpha value is -4.57. The molecule has 182 valence electrons. The number of hydrogen-bond acceptors (Lipinski definition) is 5. The van der Waals surface area contributed by atoms with Gasteiger partial charge in [-0.05, 0) is 81.1 Å². The van der Waals surface area contributed by atoms with Gasteiger partial charge in [-0.2, -0.15) is 10.4 Å². The van der Waals surface area contributed by atoms with Gasteiger partial charge < -0.3 is 5.32 Å². The van der Waals surface area contributed by atoms with Crippen LogP contribution in [-0.2, 0) is 10.2 Å². The van der Waals surface area contributed by atoms with Crippen molar-refractivity contribution in [1.82, 2.24) is 19.7 Å². The minimum absolute atomic E-state index is 0.0484. The summed E-state index contributed by atoms with van der Waals surface area (Å²) in [5, 5.41) is 19.2. The van der Waals surface area contributed by atoms with Crippen molar-refractivity contribution in [2.24, 2.45) is 5.92 Å². The number of anilines is 1. The average Bonchev–Trinajstić information content (AvgIpc) is 3.72. The lowest BCUT2D eigenvalue weighted by Crippen LogP contribution is -2.14. The second kappa shape index (κ2) is 8.52. The molecule has 5 aromatic rings. The monoisotopic (exact) mass is 486 g/mol. The third-order valence-corrected chi connectivity index (χ3v) is 7.10. The fourth-order valence-corrected chi connectivity index (χ4v) is 4.59. The number of fused-ring (bicyclic) bond motifs is 3. The Kier molecular flexibility index (Phi) is 5.27. The van der Waals surface area contributed by atoms with Crippen molar-refractivity contribution in [2.75, 3.05) is 5.32 Å². The summed E-state index contributed by atoms with van der Waals surface area (Å²) in [7, 11) is 0. The Bertz CT molecular complexity index is 1700. The highest BCUT2D eigenvalue weighted by molar-refractivity contribution is 6.06. The number of carbonyl (C=O) groups excluding carboxylic acids is 1. The molecule has 0 spiro atoms. The van der Waals surface area contributed by atoms with Gasteiger partial charge in [0.25, 0.3) is 0 Å². The summed E-state index contributed by atoms with van der Waals surface area (Å²) in [5.74, 6) is 0.758. The Labute approximate surface area is 214 Å². The molecular weight excluding hydrogens is 460 g/mol. The van der Waals surface area contributed by atoms with E-state index < -0.39 is 5.41 Å². The van der Waals surface area contributed by atoms with E-state index in [-0.39, 0.29) is 11.8 Å². The van der Waals surface area contributed by atoms with Crippen LogP contribution in [0.1, 0.15) is 37.9 Å². The first-order valence-electron chi connectivity index (χ1n) is 12.4. The summed E-state index contributed by atoms with van der Waals surface area (Å²) in [4.78, 5) is 21.2. The smallest absolute Gasteiger partial charge is 0.228 e. The number of hydrogen-bond donors (Lipinski definition) is 1. The summed E-state index contributed by atoms with van der Waals surface area (Å²) in [6, 6.07) is 20.3. The van der Waals surface area contributed by atoms with Crippen molar-refractivity contribution in [3.8, 4) is 22.9 Å². The number of carbonyl (C=O) groups is 1. The van der Waals surface area contributed by atoms with Gasteiger partial charge in [0, 0.05) is 34.6 Å². The largest absolute Gasteiger partial charge is 0.310 e. The van der Waals surface area contributed by atoms with Crippen LogP contribution in [0, 0.1) is 24.2 Å². The number of pyridine rings is 2. The highest BCUT2D eigenvalue weighted by Gasteiger charge is 2.29. The molecule has 0 bridgehead atoms. The average molecular weight is 487 g/mol. The molecule has 1 saturated carbocycles. The van der Waals surface area contributed by atoms with E-state index in [4.69, 9.17) is 5.10 Å². The second-order valence-corrected chi connectivity index (χ2v) is 10.2. The Balaban J connectivity index is 1.42. The van der Waals surface area contributed by atoms with Crippen LogP contribution < -0.4 is 5.32 Å². The molecule has 2 aromatic carbocycles. The molecule has 7 heteroatoms. The zero-order valence-electron chi connectivity index (χ0n) is 21.0. The molecule has 3 heterocycles. The van der Waals surface area contributed by atoms with Crippen LogP contribution in [0.3, 0.4) is 0 Å². The van der Waals surface area contributed by atoms with Crippen LogP contribution in [0.5, 0.6) is 0 Å². The van der Waals surface area contributed by atoms with E-state index in [1.165, 1.54) is 0 Å². The number of nitriles is 1. The molecular formula is C30H26N6O. The van der Waals surface area contributed by atoms with E-state index in [2.05, 4.69) is 27.4 Å². The van der Waals surface area contributed by atoms with Gasteiger partial charge in [-0.15, -0.1) is 0 Å². The lowest BCUT2D eigenvalue weighted by Gasteiger charge is -2.16. The highest BCUT2D eigenvalue weighted by Crippen LogP contribution is 2.33. The zero-order chi connectivity index (χ0) is 25.7. The molecule has 6 rings (SSSR count). The number of rotatable bonds is 5. The topological polar surface area (TPSA) is 96.5 Å². The molecule has 3 aromatic heterocycles. The van der Waals surface area contributed by atoms with Crippen molar-refractivity contribution in [3.63, 3.8) is 0 Å². The van der Waals surface area contributed by atoms with E-state index in [9.17, 15) is 10.1 Å². The number of nitrogens with zero attached hydrogens (tertiary/aromatic N) is 5. The van der Waals surface area contributed by atoms with Crippen LogP contribution in [-0.4, -0.2) is 25.7 Å². The third-order valence-electron chi connectivity index (χ3n) is 7.10. The fourth-order valence-electron chi connectivity index (χ4n) is 4.59. The maximum absolute atomic E-state index is 12.1. The molecule has 0 unspecified atom stereocenters. The normalized spacial score (nSPS) is 13.6. The molecule has 1 aliphatic carbocycles. The molecule has 37 heavy (non-hydrogen) atoms. The van der Waals surface area contributed by atoms with Crippen molar-refractivity contribution in [3.05, 3.63) is 78.2 Å².